The third kappa shape index (κ3) is 4.88. The Bertz CT molecular complexity index is 641. The first kappa shape index (κ1) is 16.1. The number of nitrogens with zero attached hydrogens (tertiary/aromatic N) is 2. The van der Waals surface area contributed by atoms with E-state index in [0.717, 1.165) is 43.7 Å². The standard InChI is InChI=1S/C18H23N3OS/c1-14-6-7-19-16(10-14)11-18(22)20-15-4-2-8-21(12-15)13-17-5-3-9-23-17/h3,5-7,9-10,15H,2,4,8,11-13H2,1H3,(H,20,22)/t15-/m1/s1. The van der Waals surface area contributed by atoms with Crippen molar-refractivity contribution in [3.63, 3.8) is 0 Å². The summed E-state index contributed by atoms with van der Waals surface area (Å²) in [5.41, 5.74) is 1.98. The van der Waals surface area contributed by atoms with E-state index < -0.39 is 0 Å². The minimum absolute atomic E-state index is 0.0751. The molecule has 3 rings (SSSR count). The molecule has 1 saturated heterocycles. The Balaban J connectivity index is 1.50. The second-order valence-corrected chi connectivity index (χ2v) is 7.25. The number of hydrogen-bond donors (Lipinski definition) is 1. The summed E-state index contributed by atoms with van der Waals surface area (Å²) in [4.78, 5) is 20.3. The molecule has 23 heavy (non-hydrogen) atoms. The van der Waals surface area contributed by atoms with E-state index in [4.69, 9.17) is 0 Å². The van der Waals surface area contributed by atoms with Crippen molar-refractivity contribution in [1.29, 1.82) is 0 Å². The number of carbonyl (C=O) groups excluding carboxylic acids is 1. The fourth-order valence-corrected chi connectivity index (χ4v) is 3.82. The van der Waals surface area contributed by atoms with Gasteiger partial charge in [-0.1, -0.05) is 6.07 Å². The zero-order valence-corrected chi connectivity index (χ0v) is 14.3. The first-order valence-electron chi connectivity index (χ1n) is 8.14. The van der Waals surface area contributed by atoms with Gasteiger partial charge in [-0.15, -0.1) is 11.3 Å². The number of amides is 1. The molecule has 5 heteroatoms. The number of aryl methyl sites for hydroxylation is 1. The molecule has 3 heterocycles. The number of nitrogens with one attached hydrogen (secondary N) is 1. The van der Waals surface area contributed by atoms with Gasteiger partial charge < -0.3 is 5.32 Å². The van der Waals surface area contributed by atoms with Crippen LogP contribution in [0, 0.1) is 6.92 Å². The molecule has 1 N–H and O–H groups in total. The van der Waals surface area contributed by atoms with E-state index in [1.54, 1.807) is 17.5 Å². The summed E-state index contributed by atoms with van der Waals surface area (Å²) >= 11 is 1.80. The summed E-state index contributed by atoms with van der Waals surface area (Å²) in [5, 5.41) is 5.30. The molecule has 1 fully saturated rings. The lowest BCUT2D eigenvalue weighted by Gasteiger charge is -2.32. The molecule has 2 aromatic heterocycles. The molecule has 0 aromatic carbocycles. The number of likely N-dealkylation sites (tertiary alicyclic amines) is 1. The molecule has 122 valence electrons. The molecule has 4 nitrogen and oxygen atoms in total. The molecule has 0 bridgehead atoms. The Morgan fingerprint density at radius 3 is 3.17 bits per heavy atom. The average molecular weight is 329 g/mol. The Kier molecular flexibility index (Phi) is 5.41. The third-order valence-corrected chi connectivity index (χ3v) is 5.01. The largest absolute Gasteiger partial charge is 0.352 e. The zero-order chi connectivity index (χ0) is 16.1. The highest BCUT2D eigenvalue weighted by Gasteiger charge is 2.21. The van der Waals surface area contributed by atoms with Crippen molar-refractivity contribution in [2.24, 2.45) is 0 Å². The van der Waals surface area contributed by atoms with Gasteiger partial charge in [0.05, 0.1) is 6.42 Å². The van der Waals surface area contributed by atoms with Crippen molar-refractivity contribution in [1.82, 2.24) is 15.2 Å². The van der Waals surface area contributed by atoms with Crippen molar-refractivity contribution in [3.05, 3.63) is 52.0 Å². The maximum Gasteiger partial charge on any atom is 0.226 e. The van der Waals surface area contributed by atoms with Gasteiger partial charge in [-0.25, -0.2) is 0 Å². The van der Waals surface area contributed by atoms with Gasteiger partial charge in [-0.2, -0.15) is 0 Å². The fourth-order valence-electron chi connectivity index (χ4n) is 3.08. The van der Waals surface area contributed by atoms with Crippen LogP contribution in [0.15, 0.2) is 35.8 Å². The molecule has 1 atom stereocenters. The van der Waals surface area contributed by atoms with Crippen molar-refractivity contribution >= 4 is 17.2 Å². The number of pyridine rings is 1. The molecule has 0 radical (unpaired) electrons. The highest BCUT2D eigenvalue weighted by Crippen LogP contribution is 2.17. The van der Waals surface area contributed by atoms with Gasteiger partial charge in [0, 0.05) is 35.9 Å². The summed E-state index contributed by atoms with van der Waals surface area (Å²) < 4.78 is 0. The van der Waals surface area contributed by atoms with Crippen LogP contribution < -0.4 is 5.32 Å². The number of carbonyl (C=O) groups is 1. The highest BCUT2D eigenvalue weighted by molar-refractivity contribution is 7.09. The minimum atomic E-state index is 0.0751. The van der Waals surface area contributed by atoms with E-state index >= 15 is 0 Å². The molecule has 0 saturated carbocycles. The molecule has 0 spiro atoms. The van der Waals surface area contributed by atoms with Crippen LogP contribution >= 0.6 is 11.3 Å². The number of hydrogen-bond acceptors (Lipinski definition) is 4. The fraction of sp³-hybridized carbons (Fsp3) is 0.444. The van der Waals surface area contributed by atoms with E-state index in [-0.39, 0.29) is 11.9 Å². The lowest BCUT2D eigenvalue weighted by Crippen LogP contribution is -2.47. The topological polar surface area (TPSA) is 45.2 Å². The Hall–Kier alpha value is -1.72. The first-order chi connectivity index (χ1) is 11.2. The third-order valence-electron chi connectivity index (χ3n) is 4.14. The lowest BCUT2D eigenvalue weighted by molar-refractivity contribution is -0.121. The van der Waals surface area contributed by atoms with Gasteiger partial charge in [-0.05, 0) is 55.5 Å². The van der Waals surface area contributed by atoms with E-state index in [1.165, 1.54) is 4.88 Å². The zero-order valence-electron chi connectivity index (χ0n) is 13.5. The number of aromatic nitrogens is 1. The predicted molar refractivity (Wildman–Crippen MR) is 93.4 cm³/mol. The molecule has 1 aliphatic rings. The van der Waals surface area contributed by atoms with Crippen LogP contribution in [-0.2, 0) is 17.8 Å². The Labute approximate surface area is 141 Å². The van der Waals surface area contributed by atoms with Crippen LogP contribution in [0.25, 0.3) is 0 Å². The Morgan fingerprint density at radius 2 is 2.39 bits per heavy atom. The molecule has 1 aliphatic heterocycles. The summed E-state index contributed by atoms with van der Waals surface area (Å²) in [6.45, 7) is 5.06. The molecular weight excluding hydrogens is 306 g/mol. The van der Waals surface area contributed by atoms with Gasteiger partial charge in [0.1, 0.15) is 0 Å². The second kappa shape index (κ2) is 7.70. The predicted octanol–water partition coefficient (Wildman–Crippen LogP) is 2.77. The molecule has 0 unspecified atom stereocenters. The van der Waals surface area contributed by atoms with Gasteiger partial charge in [0.2, 0.25) is 5.91 Å². The van der Waals surface area contributed by atoms with E-state index in [9.17, 15) is 4.79 Å². The molecular formula is C18H23N3OS. The van der Waals surface area contributed by atoms with Crippen LogP contribution in [0.3, 0.4) is 0 Å². The summed E-state index contributed by atoms with van der Waals surface area (Å²) in [6.07, 6.45) is 4.33. The molecule has 2 aromatic rings. The van der Waals surface area contributed by atoms with Gasteiger partial charge in [0.15, 0.2) is 0 Å². The van der Waals surface area contributed by atoms with Crippen molar-refractivity contribution in [2.45, 2.75) is 38.8 Å². The maximum absolute atomic E-state index is 12.2. The van der Waals surface area contributed by atoms with E-state index in [0.29, 0.717) is 6.42 Å². The van der Waals surface area contributed by atoms with Crippen LogP contribution in [0.4, 0.5) is 0 Å². The van der Waals surface area contributed by atoms with Crippen molar-refractivity contribution in [3.8, 4) is 0 Å². The van der Waals surface area contributed by atoms with Gasteiger partial charge in [0.25, 0.3) is 0 Å². The Morgan fingerprint density at radius 1 is 1.48 bits per heavy atom. The van der Waals surface area contributed by atoms with Gasteiger partial charge >= 0.3 is 0 Å². The molecule has 1 amide bonds. The van der Waals surface area contributed by atoms with E-state index in [1.807, 2.05) is 19.1 Å². The van der Waals surface area contributed by atoms with Crippen molar-refractivity contribution < 1.29 is 4.79 Å². The van der Waals surface area contributed by atoms with E-state index in [2.05, 4.69) is 32.7 Å². The maximum atomic E-state index is 12.2. The van der Waals surface area contributed by atoms with Gasteiger partial charge in [-0.3, -0.25) is 14.7 Å². The lowest BCUT2D eigenvalue weighted by atomic mass is 10.1. The summed E-state index contributed by atoms with van der Waals surface area (Å²) in [7, 11) is 0. The van der Waals surface area contributed by atoms with Crippen LogP contribution in [0.1, 0.15) is 29.0 Å². The average Bonchev–Trinajstić information content (AvgIpc) is 3.00. The van der Waals surface area contributed by atoms with Crippen LogP contribution in [0.2, 0.25) is 0 Å². The first-order valence-corrected chi connectivity index (χ1v) is 9.02. The smallest absolute Gasteiger partial charge is 0.226 e. The highest BCUT2D eigenvalue weighted by atomic mass is 32.1. The normalized spacial score (nSPS) is 18.7. The molecule has 0 aliphatic carbocycles. The summed E-state index contributed by atoms with van der Waals surface area (Å²) in [6, 6.07) is 8.45. The monoisotopic (exact) mass is 329 g/mol. The van der Waals surface area contributed by atoms with Crippen molar-refractivity contribution in [2.75, 3.05) is 13.1 Å². The minimum Gasteiger partial charge on any atom is -0.352 e. The SMILES string of the molecule is Cc1ccnc(CC(=O)N[C@@H]2CCCN(Cc3cccs3)C2)c1. The van der Waals surface area contributed by atoms with Crippen LogP contribution in [0.5, 0.6) is 0 Å². The summed E-state index contributed by atoms with van der Waals surface area (Å²) in [5.74, 6) is 0.0751. The second-order valence-electron chi connectivity index (χ2n) is 6.22. The number of thiophene rings is 1. The number of piperidine rings is 1. The van der Waals surface area contributed by atoms with Crippen LogP contribution in [-0.4, -0.2) is 34.9 Å². The number of rotatable bonds is 5. The quantitative estimate of drug-likeness (QED) is 0.917.